The van der Waals surface area contributed by atoms with Crippen LogP contribution >= 0.6 is 22.6 Å². The minimum Gasteiger partial charge on any atom is -0.396 e. The van der Waals surface area contributed by atoms with Crippen molar-refractivity contribution in [1.82, 2.24) is 9.55 Å². The van der Waals surface area contributed by atoms with Crippen molar-refractivity contribution in [2.24, 2.45) is 5.92 Å². The van der Waals surface area contributed by atoms with Crippen LogP contribution in [0.15, 0.2) is 15.8 Å². The number of aliphatic hydroxyl groups excluding tert-OH is 3. The molecule has 7 nitrogen and oxygen atoms in total. The van der Waals surface area contributed by atoms with E-state index in [4.69, 9.17) is 5.11 Å². The SMILES string of the molecule is O=c1[nH]c(=O)n([C@@H]2C(O)C(O)[C@H](CO)[C@@H]2F)cc1I. The predicted molar refractivity (Wildman–Crippen MR) is 70.6 cm³/mol. The molecule has 106 valence electrons. The highest BCUT2D eigenvalue weighted by atomic mass is 127. The lowest BCUT2D eigenvalue weighted by Gasteiger charge is -2.20. The maximum Gasteiger partial charge on any atom is 0.328 e. The molecule has 1 aromatic heterocycles. The first kappa shape index (κ1) is 14.6. The Morgan fingerprint density at radius 2 is 2.00 bits per heavy atom. The van der Waals surface area contributed by atoms with E-state index < -0.39 is 48.2 Å². The fourth-order valence-electron chi connectivity index (χ4n) is 2.29. The van der Waals surface area contributed by atoms with E-state index in [-0.39, 0.29) is 3.57 Å². The summed E-state index contributed by atoms with van der Waals surface area (Å²) in [6.07, 6.45) is -3.68. The van der Waals surface area contributed by atoms with Gasteiger partial charge in [0.15, 0.2) is 0 Å². The minimum absolute atomic E-state index is 0.151. The van der Waals surface area contributed by atoms with Gasteiger partial charge < -0.3 is 15.3 Å². The van der Waals surface area contributed by atoms with Gasteiger partial charge in [-0.05, 0) is 22.6 Å². The molecule has 0 aromatic carbocycles. The van der Waals surface area contributed by atoms with Crippen molar-refractivity contribution in [3.05, 3.63) is 30.6 Å². The second kappa shape index (κ2) is 5.31. The average Bonchev–Trinajstić information content (AvgIpc) is 2.56. The van der Waals surface area contributed by atoms with Gasteiger partial charge in [-0.1, -0.05) is 0 Å². The van der Waals surface area contributed by atoms with Crippen LogP contribution in [0.3, 0.4) is 0 Å². The van der Waals surface area contributed by atoms with E-state index in [1.165, 1.54) is 0 Å². The van der Waals surface area contributed by atoms with Crippen molar-refractivity contribution in [3.8, 4) is 0 Å². The Hall–Kier alpha value is -0.780. The Balaban J connectivity index is 2.50. The van der Waals surface area contributed by atoms with Gasteiger partial charge in [0.1, 0.15) is 12.3 Å². The van der Waals surface area contributed by atoms with E-state index in [1.807, 2.05) is 4.98 Å². The number of rotatable bonds is 2. The number of nitrogens with one attached hydrogen (secondary N) is 1. The topological polar surface area (TPSA) is 116 Å². The Kier molecular flexibility index (Phi) is 4.08. The number of hydrogen-bond acceptors (Lipinski definition) is 5. The molecular formula is C10H12FIN2O5. The summed E-state index contributed by atoms with van der Waals surface area (Å²) < 4.78 is 15.1. The zero-order valence-electron chi connectivity index (χ0n) is 9.53. The van der Waals surface area contributed by atoms with Gasteiger partial charge >= 0.3 is 5.69 Å². The molecule has 1 heterocycles. The second-order valence-electron chi connectivity index (χ2n) is 4.41. The van der Waals surface area contributed by atoms with Crippen LogP contribution in [0, 0.1) is 9.49 Å². The molecule has 1 saturated carbocycles. The Morgan fingerprint density at radius 3 is 2.53 bits per heavy atom. The van der Waals surface area contributed by atoms with Gasteiger partial charge in [0, 0.05) is 12.1 Å². The van der Waals surface area contributed by atoms with Gasteiger partial charge in [-0.15, -0.1) is 0 Å². The molecular weight excluding hydrogens is 374 g/mol. The fraction of sp³-hybridized carbons (Fsp3) is 0.600. The molecule has 1 aliphatic rings. The second-order valence-corrected chi connectivity index (χ2v) is 5.57. The summed E-state index contributed by atoms with van der Waals surface area (Å²) in [5.41, 5.74) is -1.48. The zero-order chi connectivity index (χ0) is 14.3. The average molecular weight is 386 g/mol. The molecule has 0 spiro atoms. The minimum atomic E-state index is -1.80. The summed E-state index contributed by atoms with van der Waals surface area (Å²) in [6.45, 7) is -0.648. The lowest BCUT2D eigenvalue weighted by Crippen LogP contribution is -2.39. The Bertz CT molecular complexity index is 588. The lowest BCUT2D eigenvalue weighted by molar-refractivity contribution is -0.00563. The van der Waals surface area contributed by atoms with Crippen LogP contribution in [0.2, 0.25) is 0 Å². The molecule has 0 aliphatic heterocycles. The van der Waals surface area contributed by atoms with Crippen LogP contribution in [0.25, 0.3) is 0 Å². The van der Waals surface area contributed by atoms with Crippen LogP contribution in [-0.4, -0.2) is 49.9 Å². The zero-order valence-corrected chi connectivity index (χ0v) is 11.7. The summed E-state index contributed by atoms with van der Waals surface area (Å²) in [5.74, 6) is -1.17. The molecule has 1 fully saturated rings. The maximum atomic E-state index is 14.1. The van der Waals surface area contributed by atoms with Gasteiger partial charge in [-0.25, -0.2) is 9.18 Å². The summed E-state index contributed by atoms with van der Waals surface area (Å²) in [5, 5.41) is 28.4. The van der Waals surface area contributed by atoms with Crippen molar-refractivity contribution >= 4 is 22.6 Å². The normalized spacial score (nSPS) is 34.7. The highest BCUT2D eigenvalue weighted by molar-refractivity contribution is 14.1. The number of alkyl halides is 1. The van der Waals surface area contributed by atoms with Gasteiger partial charge in [-0.3, -0.25) is 14.3 Å². The van der Waals surface area contributed by atoms with E-state index in [9.17, 15) is 24.2 Å². The first-order valence-electron chi connectivity index (χ1n) is 5.50. The quantitative estimate of drug-likeness (QED) is 0.456. The van der Waals surface area contributed by atoms with Crippen molar-refractivity contribution in [2.75, 3.05) is 6.61 Å². The first-order valence-corrected chi connectivity index (χ1v) is 6.58. The number of aliphatic hydroxyl groups is 3. The molecule has 4 N–H and O–H groups in total. The first-order chi connectivity index (χ1) is 8.88. The number of aromatic amines is 1. The number of halogens is 2. The molecule has 0 amide bonds. The number of aromatic nitrogens is 2. The third kappa shape index (κ3) is 2.35. The number of H-pyrrole nitrogens is 1. The van der Waals surface area contributed by atoms with E-state index in [1.54, 1.807) is 22.6 Å². The largest absolute Gasteiger partial charge is 0.396 e. The van der Waals surface area contributed by atoms with Gasteiger partial charge in [0.2, 0.25) is 0 Å². The van der Waals surface area contributed by atoms with E-state index >= 15 is 0 Å². The molecule has 9 heteroatoms. The lowest BCUT2D eigenvalue weighted by atomic mass is 10.1. The van der Waals surface area contributed by atoms with Crippen molar-refractivity contribution in [3.63, 3.8) is 0 Å². The maximum absolute atomic E-state index is 14.1. The molecule has 2 unspecified atom stereocenters. The molecule has 0 bridgehead atoms. The predicted octanol–water partition coefficient (Wildman–Crippen LogP) is -1.64. The van der Waals surface area contributed by atoms with E-state index in [2.05, 4.69) is 0 Å². The molecule has 1 aromatic rings. The van der Waals surface area contributed by atoms with Gasteiger partial charge in [-0.2, -0.15) is 0 Å². The summed E-state index contributed by atoms with van der Waals surface area (Å²) in [6, 6.07) is -1.34. The van der Waals surface area contributed by atoms with Gasteiger partial charge in [0.25, 0.3) is 5.56 Å². The third-order valence-corrected chi connectivity index (χ3v) is 4.10. The van der Waals surface area contributed by atoms with Crippen LogP contribution in [-0.2, 0) is 0 Å². The van der Waals surface area contributed by atoms with Crippen LogP contribution in [0.1, 0.15) is 6.04 Å². The Labute approximate surface area is 119 Å². The van der Waals surface area contributed by atoms with Crippen molar-refractivity contribution in [2.45, 2.75) is 24.4 Å². The highest BCUT2D eigenvalue weighted by Crippen LogP contribution is 2.37. The molecule has 19 heavy (non-hydrogen) atoms. The molecule has 5 atom stereocenters. The van der Waals surface area contributed by atoms with Crippen LogP contribution in [0.5, 0.6) is 0 Å². The standard InChI is InChI=1S/C10H12FIN2O5/c11-5-3(2-15)7(16)8(17)6(5)14-1-4(12)9(18)13-10(14)19/h1,3,5-8,15-17H,2H2,(H,13,18,19)/t3-,5+,6+,7?,8?/m1/s1. The third-order valence-electron chi connectivity index (χ3n) is 3.33. The van der Waals surface area contributed by atoms with Crippen molar-refractivity contribution in [1.29, 1.82) is 0 Å². The van der Waals surface area contributed by atoms with E-state index in [0.29, 0.717) is 0 Å². The van der Waals surface area contributed by atoms with Crippen LogP contribution < -0.4 is 11.2 Å². The van der Waals surface area contributed by atoms with Crippen LogP contribution in [0.4, 0.5) is 4.39 Å². The van der Waals surface area contributed by atoms with E-state index in [0.717, 1.165) is 10.8 Å². The summed E-state index contributed by atoms with van der Waals surface area (Å²) >= 11 is 1.67. The summed E-state index contributed by atoms with van der Waals surface area (Å²) in [7, 11) is 0. The molecule has 0 radical (unpaired) electrons. The molecule has 2 rings (SSSR count). The Morgan fingerprint density at radius 1 is 1.37 bits per heavy atom. The monoisotopic (exact) mass is 386 g/mol. The highest BCUT2D eigenvalue weighted by Gasteiger charge is 2.51. The molecule has 0 saturated heterocycles. The molecule has 1 aliphatic carbocycles. The van der Waals surface area contributed by atoms with Gasteiger partial charge in [0.05, 0.1) is 22.3 Å². The van der Waals surface area contributed by atoms with Crippen molar-refractivity contribution < 1.29 is 19.7 Å². The summed E-state index contributed by atoms with van der Waals surface area (Å²) in [4.78, 5) is 24.9. The smallest absolute Gasteiger partial charge is 0.328 e. The fourth-order valence-corrected chi connectivity index (χ4v) is 2.73. The number of nitrogens with zero attached hydrogens (tertiary/aromatic N) is 1. The number of hydrogen-bond donors (Lipinski definition) is 4.